The van der Waals surface area contributed by atoms with Gasteiger partial charge in [-0.05, 0) is 0 Å². The van der Waals surface area contributed by atoms with Crippen LogP contribution in [-0.4, -0.2) is 17.9 Å². The average Bonchev–Trinajstić information content (AvgIpc) is 3.12. The fourth-order valence-corrected chi connectivity index (χ4v) is 7.87. The first-order valence-corrected chi connectivity index (χ1v) is 14.0. The molecule has 0 radical (unpaired) electrons. The molecule has 0 bridgehead atoms. The SMILES string of the molecule is CCCC(=O)[O][Ti]([O]C(=O)CCC)([O]C(=O)CCC)[c]1cccc2c1Cc1ccccc1-2. The van der Waals surface area contributed by atoms with Crippen molar-refractivity contribution >= 4 is 21.8 Å². The van der Waals surface area contributed by atoms with Crippen LogP contribution in [0.25, 0.3) is 11.1 Å². The molecule has 0 N–H and O–H groups in total. The molecule has 7 heteroatoms. The molecule has 1 aliphatic rings. The summed E-state index contributed by atoms with van der Waals surface area (Å²) in [6, 6.07) is 13.6. The van der Waals surface area contributed by atoms with E-state index in [-0.39, 0.29) is 19.3 Å². The van der Waals surface area contributed by atoms with Gasteiger partial charge in [-0.1, -0.05) is 0 Å². The molecule has 0 aliphatic heterocycles. The normalized spacial score (nSPS) is 12.0. The number of rotatable bonds is 10. The second-order valence-electron chi connectivity index (χ2n) is 7.89. The molecule has 0 atom stereocenters. The van der Waals surface area contributed by atoms with Crippen LogP contribution < -0.4 is 3.87 Å². The van der Waals surface area contributed by atoms with Crippen molar-refractivity contribution in [2.24, 2.45) is 0 Å². The predicted molar refractivity (Wildman–Crippen MR) is 117 cm³/mol. The molecule has 0 saturated heterocycles. The van der Waals surface area contributed by atoms with E-state index in [0.717, 1.165) is 22.3 Å². The van der Waals surface area contributed by atoms with Crippen molar-refractivity contribution in [2.45, 2.75) is 65.7 Å². The first-order chi connectivity index (χ1) is 15.4. The Labute approximate surface area is 194 Å². The van der Waals surface area contributed by atoms with Crippen LogP contribution in [-0.2, 0) is 48.5 Å². The molecule has 0 heterocycles. The average molecular weight is 474 g/mol. The Morgan fingerprint density at radius 1 is 0.719 bits per heavy atom. The van der Waals surface area contributed by atoms with E-state index in [1.807, 2.05) is 57.2 Å². The van der Waals surface area contributed by atoms with Crippen LogP contribution in [0.15, 0.2) is 42.5 Å². The van der Waals surface area contributed by atoms with Gasteiger partial charge in [-0.2, -0.15) is 0 Å². The number of hydrogen-bond acceptors (Lipinski definition) is 6. The van der Waals surface area contributed by atoms with Gasteiger partial charge in [0.1, 0.15) is 0 Å². The van der Waals surface area contributed by atoms with Gasteiger partial charge in [0.15, 0.2) is 0 Å². The molecular formula is C25H30O6Ti. The van der Waals surface area contributed by atoms with Gasteiger partial charge in [0.25, 0.3) is 0 Å². The second kappa shape index (κ2) is 10.9. The molecule has 0 saturated carbocycles. The van der Waals surface area contributed by atoms with Crippen LogP contribution in [0, 0.1) is 0 Å². The van der Waals surface area contributed by atoms with E-state index in [4.69, 9.17) is 9.96 Å². The molecule has 0 spiro atoms. The summed E-state index contributed by atoms with van der Waals surface area (Å²) in [5.41, 5.74) is 4.09. The molecule has 3 rings (SSSR count). The predicted octanol–water partition coefficient (Wildman–Crippen LogP) is 4.81. The molecule has 6 nitrogen and oxygen atoms in total. The molecule has 2 aromatic rings. The molecule has 0 unspecified atom stereocenters. The monoisotopic (exact) mass is 474 g/mol. The Bertz CT molecular complexity index is 949. The molecule has 1 aliphatic carbocycles. The van der Waals surface area contributed by atoms with E-state index in [1.54, 1.807) is 6.07 Å². The second-order valence-corrected chi connectivity index (χ2v) is 11.4. The van der Waals surface area contributed by atoms with Crippen molar-refractivity contribution in [1.29, 1.82) is 0 Å². The summed E-state index contributed by atoms with van der Waals surface area (Å²) in [5.74, 6) is -1.56. The maximum atomic E-state index is 12.7. The van der Waals surface area contributed by atoms with Crippen molar-refractivity contribution in [3.8, 4) is 11.1 Å². The third kappa shape index (κ3) is 5.30. The number of carbonyl (C=O) groups is 3. The minimum atomic E-state index is -4.91. The topological polar surface area (TPSA) is 78.9 Å². The van der Waals surface area contributed by atoms with Gasteiger partial charge in [-0.3, -0.25) is 0 Å². The molecular weight excluding hydrogens is 444 g/mol. The first-order valence-electron chi connectivity index (χ1n) is 11.3. The molecule has 0 aromatic heterocycles. The van der Waals surface area contributed by atoms with Crippen molar-refractivity contribution in [1.82, 2.24) is 0 Å². The van der Waals surface area contributed by atoms with Crippen LogP contribution in [0.4, 0.5) is 0 Å². The Morgan fingerprint density at radius 3 is 1.75 bits per heavy atom. The Kier molecular flexibility index (Phi) is 8.27. The Balaban J connectivity index is 2.15. The van der Waals surface area contributed by atoms with E-state index >= 15 is 0 Å². The van der Waals surface area contributed by atoms with Crippen LogP contribution in [0.5, 0.6) is 0 Å². The summed E-state index contributed by atoms with van der Waals surface area (Å²) < 4.78 is 18.2. The standard InChI is InChI=1S/C13H9.3C4H8O2.Ti/c1-3-7-12-10(5-1)9-11-6-2-4-8-13(11)12;3*1-2-3-4(5)6;/h1-5,7-8H,9H2;3*2-3H2,1H3,(H,5,6);/q;;;;+3/p-3. The quantitative estimate of drug-likeness (QED) is 0.393. The van der Waals surface area contributed by atoms with Crippen LogP contribution >= 0.6 is 0 Å². The third-order valence-corrected chi connectivity index (χ3v) is 9.37. The zero-order valence-electron chi connectivity index (χ0n) is 18.9. The fraction of sp³-hybridized carbons (Fsp3) is 0.400. The van der Waals surface area contributed by atoms with Crippen LogP contribution in [0.1, 0.15) is 70.4 Å². The van der Waals surface area contributed by atoms with Crippen LogP contribution in [0.2, 0.25) is 0 Å². The fourth-order valence-electron chi connectivity index (χ4n) is 3.89. The Morgan fingerprint density at radius 2 is 1.22 bits per heavy atom. The van der Waals surface area contributed by atoms with E-state index in [1.165, 1.54) is 0 Å². The minimum absolute atomic E-state index is 0.152. The third-order valence-electron chi connectivity index (χ3n) is 5.29. The van der Waals surface area contributed by atoms with E-state index in [2.05, 4.69) is 0 Å². The summed E-state index contributed by atoms with van der Waals surface area (Å²) in [7, 11) is 0. The summed E-state index contributed by atoms with van der Waals surface area (Å²) >= 11 is -4.91. The van der Waals surface area contributed by atoms with E-state index in [9.17, 15) is 14.4 Å². The summed E-state index contributed by atoms with van der Waals surface area (Å²) in [4.78, 5) is 38.0. The molecule has 2 aromatic carbocycles. The number of carbonyl (C=O) groups excluding carboxylic acids is 3. The number of fused-ring (bicyclic) bond motifs is 3. The van der Waals surface area contributed by atoms with Gasteiger partial charge in [0.05, 0.1) is 0 Å². The summed E-state index contributed by atoms with van der Waals surface area (Å²) in [6.45, 7) is 5.58. The van der Waals surface area contributed by atoms with Gasteiger partial charge in [0, 0.05) is 0 Å². The van der Waals surface area contributed by atoms with Gasteiger partial charge in [0.2, 0.25) is 0 Å². The van der Waals surface area contributed by atoms with Gasteiger partial charge in [-0.15, -0.1) is 0 Å². The first kappa shape index (κ1) is 24.2. The molecule has 170 valence electrons. The van der Waals surface area contributed by atoms with E-state index in [0.29, 0.717) is 29.6 Å². The Hall–Kier alpha value is -2.44. The van der Waals surface area contributed by atoms with Crippen molar-refractivity contribution < 1.29 is 42.1 Å². The molecule has 0 amide bonds. The number of benzene rings is 2. The van der Waals surface area contributed by atoms with Gasteiger partial charge >= 0.3 is 194 Å². The van der Waals surface area contributed by atoms with Crippen molar-refractivity contribution in [3.05, 3.63) is 53.6 Å². The zero-order chi connectivity index (χ0) is 23.1. The summed E-state index contributed by atoms with van der Waals surface area (Å²) in [6.07, 6.45) is 2.76. The maximum absolute atomic E-state index is 12.7. The zero-order valence-corrected chi connectivity index (χ0v) is 20.5. The molecule has 0 fully saturated rings. The van der Waals surface area contributed by atoms with Crippen molar-refractivity contribution in [2.75, 3.05) is 0 Å². The number of hydrogen-bond donors (Lipinski definition) is 0. The van der Waals surface area contributed by atoms with E-state index < -0.39 is 35.7 Å². The van der Waals surface area contributed by atoms with Crippen LogP contribution in [0.3, 0.4) is 0 Å². The molecule has 32 heavy (non-hydrogen) atoms. The van der Waals surface area contributed by atoms with Gasteiger partial charge in [-0.25, -0.2) is 0 Å². The van der Waals surface area contributed by atoms with Crippen molar-refractivity contribution in [3.63, 3.8) is 0 Å². The summed E-state index contributed by atoms with van der Waals surface area (Å²) in [5, 5.41) is 0. The van der Waals surface area contributed by atoms with Gasteiger partial charge < -0.3 is 0 Å².